The van der Waals surface area contributed by atoms with Crippen molar-refractivity contribution in [2.24, 2.45) is 0 Å². The Morgan fingerprint density at radius 2 is 1.74 bits per heavy atom. The first-order valence-electron chi connectivity index (χ1n) is 7.10. The summed E-state index contributed by atoms with van der Waals surface area (Å²) in [7, 11) is 0. The smallest absolute Gasteiger partial charge is 0.410 e. The van der Waals surface area contributed by atoms with Crippen molar-refractivity contribution in [2.45, 2.75) is 46.3 Å². The Labute approximate surface area is 116 Å². The van der Waals surface area contributed by atoms with Crippen molar-refractivity contribution >= 4 is 6.09 Å². The van der Waals surface area contributed by atoms with Gasteiger partial charge in [-0.1, -0.05) is 0 Å². The first kappa shape index (κ1) is 16.2. The Morgan fingerprint density at radius 3 is 2.21 bits per heavy atom. The van der Waals surface area contributed by atoms with Gasteiger partial charge in [0.25, 0.3) is 0 Å². The van der Waals surface area contributed by atoms with Crippen molar-refractivity contribution in [1.29, 1.82) is 0 Å². The maximum absolute atomic E-state index is 11.9. The summed E-state index contributed by atoms with van der Waals surface area (Å²) in [4.78, 5) is 16.0. The van der Waals surface area contributed by atoms with Crippen molar-refractivity contribution in [3.8, 4) is 0 Å². The molecule has 0 unspecified atom stereocenters. The normalized spacial score (nSPS) is 17.9. The lowest BCUT2D eigenvalue weighted by molar-refractivity contribution is 0.00890. The summed E-state index contributed by atoms with van der Waals surface area (Å²) < 4.78 is 10.9. The summed E-state index contributed by atoms with van der Waals surface area (Å²) in [6, 6.07) is 0. The Hall–Kier alpha value is -0.810. The van der Waals surface area contributed by atoms with E-state index in [4.69, 9.17) is 9.47 Å². The summed E-state index contributed by atoms with van der Waals surface area (Å²) in [6.07, 6.45) is 0.0774. The fourth-order valence-electron chi connectivity index (χ4n) is 1.90. The molecule has 1 aliphatic rings. The second-order valence-corrected chi connectivity index (χ2v) is 6.23. The van der Waals surface area contributed by atoms with E-state index in [1.165, 1.54) is 0 Å². The van der Waals surface area contributed by atoms with E-state index in [1.807, 2.05) is 34.6 Å². The summed E-state index contributed by atoms with van der Waals surface area (Å²) in [5.41, 5.74) is -0.417. The van der Waals surface area contributed by atoms with Crippen LogP contribution in [-0.2, 0) is 9.47 Å². The molecular formula is C14H28N2O3. The Bertz CT molecular complexity index is 279. The van der Waals surface area contributed by atoms with Crippen LogP contribution >= 0.6 is 0 Å². The Balaban J connectivity index is 2.23. The molecule has 0 spiro atoms. The SMILES string of the molecule is CC(C)OCCN1CCN(C(=O)OC(C)(C)C)CC1. The zero-order chi connectivity index (χ0) is 14.5. The minimum atomic E-state index is -0.417. The highest BCUT2D eigenvalue weighted by Gasteiger charge is 2.25. The van der Waals surface area contributed by atoms with Gasteiger partial charge in [0.15, 0.2) is 0 Å². The Morgan fingerprint density at radius 1 is 1.16 bits per heavy atom. The molecule has 19 heavy (non-hydrogen) atoms. The highest BCUT2D eigenvalue weighted by molar-refractivity contribution is 5.68. The zero-order valence-corrected chi connectivity index (χ0v) is 12.9. The van der Waals surface area contributed by atoms with Crippen LogP contribution in [0.3, 0.4) is 0 Å². The van der Waals surface area contributed by atoms with Crippen LogP contribution in [-0.4, -0.2) is 66.9 Å². The molecule has 1 rings (SSSR count). The molecule has 1 amide bonds. The lowest BCUT2D eigenvalue weighted by Gasteiger charge is -2.35. The number of nitrogens with zero attached hydrogens (tertiary/aromatic N) is 2. The molecular weight excluding hydrogens is 244 g/mol. The van der Waals surface area contributed by atoms with Crippen LogP contribution in [0.5, 0.6) is 0 Å². The van der Waals surface area contributed by atoms with Crippen molar-refractivity contribution in [2.75, 3.05) is 39.3 Å². The van der Waals surface area contributed by atoms with E-state index in [2.05, 4.69) is 4.90 Å². The average molecular weight is 272 g/mol. The van der Waals surface area contributed by atoms with Crippen LogP contribution in [0.4, 0.5) is 4.79 Å². The third kappa shape index (κ3) is 6.78. The molecule has 0 atom stereocenters. The van der Waals surface area contributed by atoms with Gasteiger partial charge in [0.1, 0.15) is 5.60 Å². The van der Waals surface area contributed by atoms with Gasteiger partial charge in [-0.2, -0.15) is 0 Å². The molecule has 0 N–H and O–H groups in total. The van der Waals surface area contributed by atoms with E-state index in [9.17, 15) is 4.79 Å². The molecule has 0 aliphatic carbocycles. The summed E-state index contributed by atoms with van der Waals surface area (Å²) in [5, 5.41) is 0. The number of carbonyl (C=O) groups excluding carboxylic acids is 1. The highest BCUT2D eigenvalue weighted by Crippen LogP contribution is 2.11. The van der Waals surface area contributed by atoms with Crippen LogP contribution in [0.25, 0.3) is 0 Å². The molecule has 0 radical (unpaired) electrons. The predicted molar refractivity (Wildman–Crippen MR) is 75.3 cm³/mol. The van der Waals surface area contributed by atoms with E-state index in [-0.39, 0.29) is 12.2 Å². The first-order valence-corrected chi connectivity index (χ1v) is 7.10. The maximum atomic E-state index is 11.9. The van der Waals surface area contributed by atoms with Gasteiger partial charge in [-0.15, -0.1) is 0 Å². The zero-order valence-electron chi connectivity index (χ0n) is 12.9. The van der Waals surface area contributed by atoms with E-state index < -0.39 is 5.60 Å². The first-order chi connectivity index (χ1) is 8.78. The van der Waals surface area contributed by atoms with Gasteiger partial charge in [-0.05, 0) is 34.6 Å². The van der Waals surface area contributed by atoms with Crippen molar-refractivity contribution < 1.29 is 14.3 Å². The average Bonchev–Trinajstić information content (AvgIpc) is 2.27. The predicted octanol–water partition coefficient (Wildman–Crippen LogP) is 1.96. The molecule has 112 valence electrons. The van der Waals surface area contributed by atoms with Gasteiger partial charge in [-0.25, -0.2) is 4.79 Å². The van der Waals surface area contributed by atoms with Crippen LogP contribution in [0.15, 0.2) is 0 Å². The molecule has 0 saturated carbocycles. The molecule has 0 bridgehead atoms. The lowest BCUT2D eigenvalue weighted by atomic mass is 10.2. The van der Waals surface area contributed by atoms with Crippen molar-refractivity contribution in [1.82, 2.24) is 9.80 Å². The van der Waals surface area contributed by atoms with Gasteiger partial charge in [-0.3, -0.25) is 4.90 Å². The molecule has 1 fully saturated rings. The van der Waals surface area contributed by atoms with Crippen molar-refractivity contribution in [3.63, 3.8) is 0 Å². The van der Waals surface area contributed by atoms with Gasteiger partial charge in [0, 0.05) is 32.7 Å². The number of piperazine rings is 1. The molecule has 0 aromatic carbocycles. The Kier molecular flexibility index (Phi) is 6.07. The molecule has 5 nitrogen and oxygen atoms in total. The van der Waals surface area contributed by atoms with Crippen LogP contribution in [0.2, 0.25) is 0 Å². The van der Waals surface area contributed by atoms with E-state index in [0.717, 1.165) is 39.3 Å². The molecule has 1 heterocycles. The standard InChI is InChI=1S/C14H28N2O3/c1-12(2)18-11-10-15-6-8-16(9-7-15)13(17)19-14(3,4)5/h12H,6-11H2,1-5H3. The summed E-state index contributed by atoms with van der Waals surface area (Å²) in [5.74, 6) is 0. The molecule has 0 aromatic heterocycles. The minimum absolute atomic E-state index is 0.203. The number of carbonyl (C=O) groups is 1. The highest BCUT2D eigenvalue weighted by atomic mass is 16.6. The molecule has 5 heteroatoms. The number of hydrogen-bond donors (Lipinski definition) is 0. The molecule has 1 aliphatic heterocycles. The second-order valence-electron chi connectivity index (χ2n) is 6.23. The largest absolute Gasteiger partial charge is 0.444 e. The minimum Gasteiger partial charge on any atom is -0.444 e. The van der Waals surface area contributed by atoms with E-state index >= 15 is 0 Å². The van der Waals surface area contributed by atoms with Gasteiger partial charge < -0.3 is 14.4 Å². The number of amides is 1. The van der Waals surface area contributed by atoms with Crippen LogP contribution in [0.1, 0.15) is 34.6 Å². The van der Waals surface area contributed by atoms with E-state index in [1.54, 1.807) is 4.90 Å². The number of hydrogen-bond acceptors (Lipinski definition) is 4. The summed E-state index contributed by atoms with van der Waals surface area (Å²) >= 11 is 0. The fourth-order valence-corrected chi connectivity index (χ4v) is 1.90. The molecule has 0 aromatic rings. The lowest BCUT2D eigenvalue weighted by Crippen LogP contribution is -2.50. The maximum Gasteiger partial charge on any atom is 0.410 e. The van der Waals surface area contributed by atoms with Crippen LogP contribution in [0, 0.1) is 0 Å². The van der Waals surface area contributed by atoms with Gasteiger partial charge in [0.2, 0.25) is 0 Å². The fraction of sp³-hybridized carbons (Fsp3) is 0.929. The molecule has 1 saturated heterocycles. The van der Waals surface area contributed by atoms with E-state index in [0.29, 0.717) is 0 Å². The van der Waals surface area contributed by atoms with Crippen molar-refractivity contribution in [3.05, 3.63) is 0 Å². The second kappa shape index (κ2) is 7.10. The summed E-state index contributed by atoms with van der Waals surface area (Å²) in [6.45, 7) is 14.7. The third-order valence-corrected chi connectivity index (χ3v) is 2.88. The third-order valence-electron chi connectivity index (χ3n) is 2.88. The number of ether oxygens (including phenoxy) is 2. The van der Waals surface area contributed by atoms with Gasteiger partial charge in [0.05, 0.1) is 12.7 Å². The number of rotatable bonds is 4. The topological polar surface area (TPSA) is 42.0 Å². The quantitative estimate of drug-likeness (QED) is 0.784. The van der Waals surface area contributed by atoms with Crippen LogP contribution < -0.4 is 0 Å². The van der Waals surface area contributed by atoms with Gasteiger partial charge >= 0.3 is 6.09 Å². The monoisotopic (exact) mass is 272 g/mol.